The number of nitrogens with two attached hydrogens (primary N) is 1. The van der Waals surface area contributed by atoms with Crippen LogP contribution in [0.2, 0.25) is 0 Å². The summed E-state index contributed by atoms with van der Waals surface area (Å²) in [6, 6.07) is 14.4. The number of aromatic amines is 1. The van der Waals surface area contributed by atoms with Crippen molar-refractivity contribution in [2.75, 3.05) is 26.2 Å². The number of fused-ring (bicyclic) bond motifs is 1. The zero-order valence-corrected chi connectivity index (χ0v) is 18.8. The summed E-state index contributed by atoms with van der Waals surface area (Å²) in [6.07, 6.45) is 3.67. The van der Waals surface area contributed by atoms with E-state index in [0.29, 0.717) is 19.4 Å². The molecule has 174 valence electrons. The van der Waals surface area contributed by atoms with Crippen molar-refractivity contribution in [1.29, 1.82) is 0 Å². The quantitative estimate of drug-likeness (QED) is 0.435. The maximum atomic E-state index is 13.4. The molecule has 1 aromatic heterocycles. The Labute approximate surface area is 193 Å². The van der Waals surface area contributed by atoms with E-state index in [-0.39, 0.29) is 23.5 Å². The second-order valence-electron chi connectivity index (χ2n) is 8.78. The number of piperidine rings is 1. The fraction of sp³-hybridized carbons (Fsp3) is 0.385. The first-order valence-electron chi connectivity index (χ1n) is 11.6. The zero-order chi connectivity index (χ0) is 23.2. The molecule has 1 aliphatic rings. The molecule has 0 bridgehead atoms. The van der Waals surface area contributed by atoms with Crippen LogP contribution >= 0.6 is 0 Å². The Hall–Kier alpha value is -3.19. The number of hydrogen-bond donors (Lipinski definition) is 3. The topological polar surface area (TPSA) is 91.2 Å². The zero-order valence-electron chi connectivity index (χ0n) is 18.8. The van der Waals surface area contributed by atoms with Gasteiger partial charge in [0.15, 0.2) is 0 Å². The van der Waals surface area contributed by atoms with Crippen LogP contribution in [-0.4, -0.2) is 47.9 Å². The number of amides is 2. The lowest BCUT2D eigenvalue weighted by molar-refractivity contribution is -0.123. The molecule has 4 rings (SSSR count). The van der Waals surface area contributed by atoms with Crippen molar-refractivity contribution in [1.82, 2.24) is 15.2 Å². The minimum atomic E-state index is -0.273. The standard InChI is InChI=1S/C26H31FN4O2/c27-20-10-8-18(9-11-20)25-22(21-6-1-2-7-23(21)30-25)12-13-24(32)29-14-4-16-31-15-3-5-19(17-31)26(28)33/h1-2,6-11,19,30H,3-5,12-17H2,(H2,28,33)(H,29,32). The van der Waals surface area contributed by atoms with Crippen LogP contribution in [0.5, 0.6) is 0 Å². The summed E-state index contributed by atoms with van der Waals surface area (Å²) in [5.41, 5.74) is 9.35. The Kier molecular flexibility index (Phi) is 7.40. The number of aromatic nitrogens is 1. The van der Waals surface area contributed by atoms with E-state index in [0.717, 1.165) is 66.6 Å². The molecule has 3 aromatic rings. The second-order valence-corrected chi connectivity index (χ2v) is 8.78. The molecule has 0 aliphatic carbocycles. The van der Waals surface area contributed by atoms with Crippen molar-refractivity contribution in [2.45, 2.75) is 32.1 Å². The predicted molar refractivity (Wildman–Crippen MR) is 128 cm³/mol. The lowest BCUT2D eigenvalue weighted by atomic mass is 9.97. The van der Waals surface area contributed by atoms with Crippen molar-refractivity contribution in [2.24, 2.45) is 11.7 Å². The van der Waals surface area contributed by atoms with Crippen molar-refractivity contribution >= 4 is 22.7 Å². The summed E-state index contributed by atoms with van der Waals surface area (Å²) >= 11 is 0. The summed E-state index contributed by atoms with van der Waals surface area (Å²) in [4.78, 5) is 29.6. The molecule has 1 saturated heterocycles. The van der Waals surface area contributed by atoms with E-state index in [4.69, 9.17) is 5.73 Å². The molecule has 0 saturated carbocycles. The highest BCUT2D eigenvalue weighted by atomic mass is 19.1. The van der Waals surface area contributed by atoms with Gasteiger partial charge in [-0.1, -0.05) is 18.2 Å². The molecular formula is C26H31FN4O2. The number of aryl methyl sites for hydroxylation is 1. The third-order valence-electron chi connectivity index (χ3n) is 6.43. The molecular weight excluding hydrogens is 419 g/mol. The Balaban J connectivity index is 1.31. The number of likely N-dealkylation sites (tertiary alicyclic amines) is 1. The molecule has 1 fully saturated rings. The summed E-state index contributed by atoms with van der Waals surface area (Å²) in [7, 11) is 0. The average molecular weight is 451 g/mol. The predicted octanol–water partition coefficient (Wildman–Crippen LogP) is 3.61. The lowest BCUT2D eigenvalue weighted by Gasteiger charge is -2.31. The van der Waals surface area contributed by atoms with Crippen molar-refractivity contribution in [3.05, 3.63) is 59.9 Å². The first kappa shape index (κ1) is 23.0. The Morgan fingerprint density at radius 1 is 1.15 bits per heavy atom. The summed E-state index contributed by atoms with van der Waals surface area (Å²) in [6.45, 7) is 3.15. The van der Waals surface area contributed by atoms with Gasteiger partial charge in [-0.15, -0.1) is 0 Å². The molecule has 1 atom stereocenters. The van der Waals surface area contributed by atoms with Gasteiger partial charge in [-0.2, -0.15) is 0 Å². The van der Waals surface area contributed by atoms with Crippen LogP contribution in [0.3, 0.4) is 0 Å². The highest BCUT2D eigenvalue weighted by molar-refractivity contribution is 5.91. The number of primary amides is 1. The molecule has 1 aliphatic heterocycles. The van der Waals surface area contributed by atoms with Gasteiger partial charge in [0.25, 0.3) is 0 Å². The largest absolute Gasteiger partial charge is 0.369 e. The first-order valence-corrected chi connectivity index (χ1v) is 11.6. The summed E-state index contributed by atoms with van der Waals surface area (Å²) < 4.78 is 13.4. The monoisotopic (exact) mass is 450 g/mol. The van der Waals surface area contributed by atoms with Gasteiger partial charge >= 0.3 is 0 Å². The van der Waals surface area contributed by atoms with Gasteiger partial charge in [0, 0.05) is 36.1 Å². The maximum absolute atomic E-state index is 13.4. The van der Waals surface area contributed by atoms with E-state index in [2.05, 4.69) is 15.2 Å². The molecule has 0 spiro atoms. The molecule has 6 nitrogen and oxygen atoms in total. The normalized spacial score (nSPS) is 16.7. The third-order valence-corrected chi connectivity index (χ3v) is 6.43. The van der Waals surface area contributed by atoms with Gasteiger partial charge in [-0.25, -0.2) is 4.39 Å². The second kappa shape index (κ2) is 10.6. The molecule has 33 heavy (non-hydrogen) atoms. The highest BCUT2D eigenvalue weighted by Crippen LogP contribution is 2.31. The lowest BCUT2D eigenvalue weighted by Crippen LogP contribution is -2.42. The third kappa shape index (κ3) is 5.79. The Bertz CT molecular complexity index is 1110. The number of rotatable bonds is 9. The molecule has 4 N–H and O–H groups in total. The number of hydrogen-bond acceptors (Lipinski definition) is 3. The van der Waals surface area contributed by atoms with Crippen LogP contribution < -0.4 is 11.1 Å². The molecule has 2 heterocycles. The molecule has 1 unspecified atom stereocenters. The number of nitrogens with one attached hydrogen (secondary N) is 2. The molecule has 7 heteroatoms. The number of carbonyl (C=O) groups is 2. The molecule has 2 aromatic carbocycles. The minimum absolute atomic E-state index is 0.0130. The van der Waals surface area contributed by atoms with E-state index in [1.54, 1.807) is 12.1 Å². The van der Waals surface area contributed by atoms with E-state index in [9.17, 15) is 14.0 Å². The first-order chi connectivity index (χ1) is 16.0. The van der Waals surface area contributed by atoms with E-state index >= 15 is 0 Å². The SMILES string of the molecule is NC(=O)C1CCCN(CCCNC(=O)CCc2c(-c3ccc(F)cc3)[nH]c3ccccc23)C1. The maximum Gasteiger partial charge on any atom is 0.221 e. The number of nitrogens with zero attached hydrogens (tertiary/aromatic N) is 1. The number of para-hydroxylation sites is 1. The van der Waals surface area contributed by atoms with E-state index in [1.807, 2.05) is 24.3 Å². The van der Waals surface area contributed by atoms with Gasteiger partial charge in [0.05, 0.1) is 5.92 Å². The number of benzene rings is 2. The number of H-pyrrole nitrogens is 1. The summed E-state index contributed by atoms with van der Waals surface area (Å²) in [5, 5.41) is 4.10. The smallest absolute Gasteiger partial charge is 0.221 e. The van der Waals surface area contributed by atoms with Gasteiger partial charge in [-0.3, -0.25) is 9.59 Å². The Morgan fingerprint density at radius 2 is 1.94 bits per heavy atom. The summed E-state index contributed by atoms with van der Waals surface area (Å²) in [5.74, 6) is -0.533. The van der Waals surface area contributed by atoms with Gasteiger partial charge in [0.2, 0.25) is 11.8 Å². The van der Waals surface area contributed by atoms with Crippen molar-refractivity contribution < 1.29 is 14.0 Å². The minimum Gasteiger partial charge on any atom is -0.369 e. The van der Waals surface area contributed by atoms with E-state index < -0.39 is 0 Å². The van der Waals surface area contributed by atoms with Gasteiger partial charge in [-0.05, 0) is 80.2 Å². The van der Waals surface area contributed by atoms with Crippen molar-refractivity contribution in [3.8, 4) is 11.3 Å². The van der Waals surface area contributed by atoms with Crippen LogP contribution in [0.4, 0.5) is 4.39 Å². The van der Waals surface area contributed by atoms with Crippen LogP contribution in [0.25, 0.3) is 22.2 Å². The average Bonchev–Trinajstić information content (AvgIpc) is 3.19. The highest BCUT2D eigenvalue weighted by Gasteiger charge is 2.23. The van der Waals surface area contributed by atoms with Crippen molar-refractivity contribution in [3.63, 3.8) is 0 Å². The van der Waals surface area contributed by atoms with Crippen LogP contribution in [0.1, 0.15) is 31.2 Å². The number of halogens is 1. The number of carbonyl (C=O) groups excluding carboxylic acids is 2. The van der Waals surface area contributed by atoms with Gasteiger partial charge in [0.1, 0.15) is 5.82 Å². The fourth-order valence-corrected chi connectivity index (χ4v) is 4.67. The molecule has 2 amide bonds. The van der Waals surface area contributed by atoms with E-state index in [1.165, 1.54) is 12.1 Å². The van der Waals surface area contributed by atoms with Gasteiger partial charge < -0.3 is 20.9 Å². The Morgan fingerprint density at radius 3 is 2.73 bits per heavy atom. The van der Waals surface area contributed by atoms with Crippen LogP contribution in [0, 0.1) is 11.7 Å². The van der Waals surface area contributed by atoms with Crippen LogP contribution in [0.15, 0.2) is 48.5 Å². The molecule has 0 radical (unpaired) electrons. The fourth-order valence-electron chi connectivity index (χ4n) is 4.67. The van der Waals surface area contributed by atoms with Crippen LogP contribution in [-0.2, 0) is 16.0 Å².